The predicted octanol–water partition coefficient (Wildman–Crippen LogP) is 2.91. The highest BCUT2D eigenvalue weighted by Gasteiger charge is 2.24. The van der Waals surface area contributed by atoms with Gasteiger partial charge in [0.05, 0.1) is 16.7 Å². The van der Waals surface area contributed by atoms with Crippen LogP contribution in [-0.4, -0.2) is 29.6 Å². The van der Waals surface area contributed by atoms with Crippen molar-refractivity contribution in [1.82, 2.24) is 0 Å². The maximum absolute atomic E-state index is 13.9. The summed E-state index contributed by atoms with van der Waals surface area (Å²) in [5, 5.41) is 19.7. The van der Waals surface area contributed by atoms with E-state index in [1.165, 1.54) is 0 Å². The lowest BCUT2D eigenvalue weighted by atomic mass is 10.1. The summed E-state index contributed by atoms with van der Waals surface area (Å²) < 4.78 is 13.9. The van der Waals surface area contributed by atoms with Crippen LogP contribution in [-0.2, 0) is 0 Å². The number of hydrogen-bond acceptors (Lipinski definition) is 4. The minimum absolute atomic E-state index is 0.0494. The quantitative estimate of drug-likeness (QED) is 0.641. The number of rotatable bonds is 6. The molecule has 110 valence electrons. The van der Waals surface area contributed by atoms with Crippen LogP contribution in [0.2, 0.25) is 0 Å². The number of nitro groups is 1. The fourth-order valence-corrected chi connectivity index (χ4v) is 1.86. The molecule has 0 aromatic heterocycles. The number of nitrogens with zero attached hydrogens (tertiary/aromatic N) is 2. The number of carboxylic acid groups (broad SMARTS) is 1. The Kier molecular flexibility index (Phi) is 5.01. The number of benzene rings is 1. The molecule has 0 aliphatic rings. The van der Waals surface area contributed by atoms with Crippen LogP contribution in [0.1, 0.15) is 30.6 Å². The van der Waals surface area contributed by atoms with Crippen LogP contribution in [0.25, 0.3) is 0 Å². The first-order valence-corrected chi connectivity index (χ1v) is 6.20. The Bertz CT molecular complexity index is 533. The van der Waals surface area contributed by atoms with Crippen LogP contribution in [0.5, 0.6) is 0 Å². The van der Waals surface area contributed by atoms with Gasteiger partial charge in [0.15, 0.2) is 5.82 Å². The van der Waals surface area contributed by atoms with Crippen LogP contribution in [0.3, 0.4) is 0 Å². The van der Waals surface area contributed by atoms with Crippen molar-refractivity contribution in [3.8, 4) is 0 Å². The van der Waals surface area contributed by atoms with Crippen LogP contribution >= 0.6 is 0 Å². The smallest absolute Gasteiger partial charge is 0.342 e. The van der Waals surface area contributed by atoms with E-state index >= 15 is 0 Å². The molecule has 1 unspecified atom stereocenters. The van der Waals surface area contributed by atoms with Gasteiger partial charge in [-0.05, 0) is 12.0 Å². The molecule has 0 radical (unpaired) electrons. The van der Waals surface area contributed by atoms with Crippen LogP contribution < -0.4 is 4.90 Å². The van der Waals surface area contributed by atoms with Gasteiger partial charge in [0.1, 0.15) is 5.56 Å². The summed E-state index contributed by atoms with van der Waals surface area (Å²) in [5.41, 5.74) is -1.20. The Balaban J connectivity index is 3.25. The van der Waals surface area contributed by atoms with Crippen LogP contribution in [0.4, 0.5) is 15.8 Å². The maximum atomic E-state index is 13.9. The molecule has 1 atom stereocenters. The van der Waals surface area contributed by atoms with Gasteiger partial charge in [0, 0.05) is 13.6 Å². The maximum Gasteiger partial charge on any atom is 0.342 e. The second-order valence-electron chi connectivity index (χ2n) is 4.78. The minimum atomic E-state index is -1.45. The molecule has 0 aliphatic carbocycles. The molecular formula is C13H17FN2O4. The lowest BCUT2D eigenvalue weighted by Crippen LogP contribution is -2.25. The summed E-state index contributed by atoms with van der Waals surface area (Å²) in [7, 11) is 1.63. The first-order valence-electron chi connectivity index (χ1n) is 6.20. The average Bonchev–Trinajstić information content (AvgIpc) is 2.37. The second-order valence-corrected chi connectivity index (χ2v) is 4.78. The summed E-state index contributed by atoms with van der Waals surface area (Å²) in [5.74, 6) is -1.95. The molecule has 0 saturated carbocycles. The van der Waals surface area contributed by atoms with E-state index in [0.717, 1.165) is 12.5 Å². The van der Waals surface area contributed by atoms with E-state index < -0.39 is 28.0 Å². The number of nitro benzene ring substituents is 1. The predicted molar refractivity (Wildman–Crippen MR) is 72.7 cm³/mol. The van der Waals surface area contributed by atoms with Gasteiger partial charge in [-0.3, -0.25) is 10.1 Å². The fourth-order valence-electron chi connectivity index (χ4n) is 1.86. The number of hydrogen-bond donors (Lipinski definition) is 1. The van der Waals surface area contributed by atoms with Crippen molar-refractivity contribution in [3.63, 3.8) is 0 Å². The Morgan fingerprint density at radius 1 is 1.55 bits per heavy atom. The van der Waals surface area contributed by atoms with Crippen molar-refractivity contribution in [1.29, 1.82) is 0 Å². The van der Waals surface area contributed by atoms with E-state index in [1.807, 2.05) is 13.8 Å². The molecule has 1 rings (SSSR count). The Morgan fingerprint density at radius 3 is 2.60 bits per heavy atom. The third-order valence-corrected chi connectivity index (χ3v) is 3.19. The van der Waals surface area contributed by atoms with Gasteiger partial charge in [-0.2, -0.15) is 0 Å². The molecule has 1 aromatic rings. The molecule has 0 amide bonds. The molecule has 0 bridgehead atoms. The van der Waals surface area contributed by atoms with Gasteiger partial charge in [-0.1, -0.05) is 20.3 Å². The number of anilines is 1. The molecule has 20 heavy (non-hydrogen) atoms. The molecular weight excluding hydrogens is 267 g/mol. The van der Waals surface area contributed by atoms with E-state index in [0.29, 0.717) is 18.5 Å². The number of carboxylic acids is 1. The summed E-state index contributed by atoms with van der Waals surface area (Å²) in [6, 6.07) is 1.67. The highest BCUT2D eigenvalue weighted by atomic mass is 19.1. The first-order chi connectivity index (χ1) is 9.27. The van der Waals surface area contributed by atoms with Gasteiger partial charge in [-0.15, -0.1) is 0 Å². The molecule has 7 heteroatoms. The zero-order valence-electron chi connectivity index (χ0n) is 11.6. The summed E-state index contributed by atoms with van der Waals surface area (Å²) >= 11 is 0. The van der Waals surface area contributed by atoms with E-state index in [1.54, 1.807) is 11.9 Å². The van der Waals surface area contributed by atoms with Crippen molar-refractivity contribution in [2.24, 2.45) is 5.92 Å². The normalized spacial score (nSPS) is 12.0. The molecule has 0 aliphatic heterocycles. The van der Waals surface area contributed by atoms with Crippen LogP contribution in [0.15, 0.2) is 12.1 Å². The molecule has 6 nitrogen and oxygen atoms in total. The minimum Gasteiger partial charge on any atom is -0.477 e. The zero-order chi connectivity index (χ0) is 15.4. The van der Waals surface area contributed by atoms with Gasteiger partial charge in [-0.25, -0.2) is 9.18 Å². The monoisotopic (exact) mass is 284 g/mol. The van der Waals surface area contributed by atoms with Gasteiger partial charge >= 0.3 is 5.97 Å². The highest BCUT2D eigenvalue weighted by molar-refractivity contribution is 5.93. The lowest BCUT2D eigenvalue weighted by molar-refractivity contribution is -0.385. The van der Waals surface area contributed by atoms with Crippen molar-refractivity contribution in [2.75, 3.05) is 18.5 Å². The first kappa shape index (κ1) is 15.9. The standard InChI is InChI=1S/C13H17FN2O4/c1-4-8(2)7-15(3)12-5-9(13(17)18)11(16(19)20)6-10(12)14/h5-6,8H,4,7H2,1-3H3,(H,17,18). The largest absolute Gasteiger partial charge is 0.477 e. The molecule has 0 heterocycles. The number of aromatic carboxylic acids is 1. The van der Waals surface area contributed by atoms with E-state index in [-0.39, 0.29) is 5.69 Å². The number of halogens is 1. The molecule has 0 spiro atoms. The SMILES string of the molecule is CCC(C)CN(C)c1cc(C(=O)O)c([N+](=O)[O-])cc1F. The fraction of sp³-hybridized carbons (Fsp3) is 0.462. The molecule has 0 fully saturated rings. The van der Waals surface area contributed by atoms with Gasteiger partial charge in [0.25, 0.3) is 5.69 Å². The van der Waals surface area contributed by atoms with Crippen molar-refractivity contribution < 1.29 is 19.2 Å². The average molecular weight is 284 g/mol. The third-order valence-electron chi connectivity index (χ3n) is 3.19. The second kappa shape index (κ2) is 6.31. The topological polar surface area (TPSA) is 83.7 Å². The van der Waals surface area contributed by atoms with Crippen molar-refractivity contribution >= 4 is 17.3 Å². The molecule has 0 saturated heterocycles. The van der Waals surface area contributed by atoms with E-state index in [9.17, 15) is 19.3 Å². The molecule has 1 aromatic carbocycles. The Hall–Kier alpha value is -2.18. The summed E-state index contributed by atoms with van der Waals surface area (Å²) in [4.78, 5) is 22.5. The summed E-state index contributed by atoms with van der Waals surface area (Å²) in [6.07, 6.45) is 0.894. The lowest BCUT2D eigenvalue weighted by Gasteiger charge is -2.23. The van der Waals surface area contributed by atoms with Gasteiger partial charge in [0.2, 0.25) is 0 Å². The summed E-state index contributed by atoms with van der Waals surface area (Å²) in [6.45, 7) is 4.51. The van der Waals surface area contributed by atoms with E-state index in [4.69, 9.17) is 5.11 Å². The zero-order valence-corrected chi connectivity index (χ0v) is 11.6. The van der Waals surface area contributed by atoms with Crippen molar-refractivity contribution in [3.05, 3.63) is 33.6 Å². The van der Waals surface area contributed by atoms with Crippen molar-refractivity contribution in [2.45, 2.75) is 20.3 Å². The Labute approximate surface area is 116 Å². The van der Waals surface area contributed by atoms with Crippen LogP contribution in [0, 0.1) is 21.8 Å². The van der Waals surface area contributed by atoms with E-state index in [2.05, 4.69) is 0 Å². The Morgan fingerprint density at radius 2 is 2.15 bits per heavy atom. The highest BCUT2D eigenvalue weighted by Crippen LogP contribution is 2.28. The molecule has 1 N–H and O–H groups in total. The number of carbonyl (C=O) groups is 1. The van der Waals surface area contributed by atoms with Gasteiger partial charge < -0.3 is 10.0 Å². The third kappa shape index (κ3) is 3.43.